The molecule has 4 heteroatoms. The van der Waals surface area contributed by atoms with E-state index in [1.165, 1.54) is 6.08 Å². The minimum absolute atomic E-state index is 0.0130. The van der Waals surface area contributed by atoms with Gasteiger partial charge >= 0.3 is 0 Å². The van der Waals surface area contributed by atoms with Gasteiger partial charge in [-0.25, -0.2) is 0 Å². The van der Waals surface area contributed by atoms with Gasteiger partial charge in [0.2, 0.25) is 5.91 Å². The predicted molar refractivity (Wildman–Crippen MR) is 70.0 cm³/mol. The van der Waals surface area contributed by atoms with E-state index >= 15 is 0 Å². The van der Waals surface area contributed by atoms with Gasteiger partial charge in [0.1, 0.15) is 5.76 Å². The molecule has 98 valence electrons. The zero-order valence-corrected chi connectivity index (χ0v) is 10.8. The van der Waals surface area contributed by atoms with Crippen molar-refractivity contribution in [3.8, 4) is 0 Å². The largest absolute Gasteiger partial charge is 0.467 e. The molecule has 0 N–H and O–H groups in total. The van der Waals surface area contributed by atoms with E-state index in [4.69, 9.17) is 4.42 Å². The topological polar surface area (TPSA) is 36.7 Å². The van der Waals surface area contributed by atoms with Gasteiger partial charge in [0.05, 0.1) is 12.8 Å². The highest BCUT2D eigenvalue weighted by Crippen LogP contribution is 2.19. The lowest BCUT2D eigenvalue weighted by atomic mass is 10.0. The highest BCUT2D eigenvalue weighted by Gasteiger charge is 2.26. The molecular weight excluding hydrogens is 228 g/mol. The first-order chi connectivity index (χ1) is 8.70. The van der Waals surface area contributed by atoms with Gasteiger partial charge in [-0.15, -0.1) is 0 Å². The van der Waals surface area contributed by atoms with E-state index in [9.17, 15) is 4.79 Å². The molecule has 1 aromatic heterocycles. The van der Waals surface area contributed by atoms with Crippen LogP contribution in [0.3, 0.4) is 0 Å². The van der Waals surface area contributed by atoms with Gasteiger partial charge in [0.15, 0.2) is 0 Å². The first kappa shape index (κ1) is 12.9. The average molecular weight is 248 g/mol. The smallest absolute Gasteiger partial charge is 0.246 e. The standard InChI is InChI=1S/C14H20N2O2/c1-3-14(17)16(11-13-5-4-10-18-13)12-6-8-15(2)9-7-12/h3-5,10,12H,1,6-9,11H2,2H3. The summed E-state index contributed by atoms with van der Waals surface area (Å²) in [5.74, 6) is 0.810. The quantitative estimate of drug-likeness (QED) is 0.763. The maximum absolute atomic E-state index is 12.0. The lowest BCUT2D eigenvalue weighted by Crippen LogP contribution is -2.45. The molecule has 1 amide bonds. The normalized spacial score (nSPS) is 17.6. The van der Waals surface area contributed by atoms with E-state index in [0.29, 0.717) is 6.54 Å². The highest BCUT2D eigenvalue weighted by molar-refractivity contribution is 5.87. The van der Waals surface area contributed by atoms with Crippen molar-refractivity contribution < 1.29 is 9.21 Å². The predicted octanol–water partition coefficient (Wildman–Crippen LogP) is 1.89. The van der Waals surface area contributed by atoms with Crippen molar-refractivity contribution in [3.05, 3.63) is 36.8 Å². The number of nitrogens with zero attached hydrogens (tertiary/aromatic N) is 2. The second-order valence-electron chi connectivity index (χ2n) is 4.78. The minimum atomic E-state index is -0.0130. The van der Waals surface area contributed by atoms with Gasteiger partial charge in [-0.05, 0) is 51.2 Å². The Bertz CT molecular complexity index is 392. The number of furan rings is 1. The van der Waals surface area contributed by atoms with Gasteiger partial charge in [0, 0.05) is 6.04 Å². The van der Waals surface area contributed by atoms with Crippen LogP contribution >= 0.6 is 0 Å². The van der Waals surface area contributed by atoms with Crippen molar-refractivity contribution in [1.82, 2.24) is 9.80 Å². The first-order valence-corrected chi connectivity index (χ1v) is 6.34. The number of likely N-dealkylation sites (tertiary alicyclic amines) is 1. The van der Waals surface area contributed by atoms with E-state index in [1.807, 2.05) is 17.0 Å². The fourth-order valence-corrected chi connectivity index (χ4v) is 2.38. The number of rotatable bonds is 4. The molecule has 1 aliphatic heterocycles. The number of carbonyl (C=O) groups is 1. The molecule has 0 saturated carbocycles. The summed E-state index contributed by atoms with van der Waals surface area (Å²) in [5, 5.41) is 0. The lowest BCUT2D eigenvalue weighted by molar-refractivity contribution is -0.130. The van der Waals surface area contributed by atoms with E-state index in [2.05, 4.69) is 18.5 Å². The van der Waals surface area contributed by atoms with Crippen molar-refractivity contribution in [2.75, 3.05) is 20.1 Å². The molecule has 0 unspecified atom stereocenters. The number of piperidine rings is 1. The van der Waals surface area contributed by atoms with Crippen LogP contribution < -0.4 is 0 Å². The maximum atomic E-state index is 12.0. The van der Waals surface area contributed by atoms with Crippen molar-refractivity contribution in [1.29, 1.82) is 0 Å². The molecule has 2 rings (SSSR count). The molecule has 2 heterocycles. The molecule has 0 aromatic carbocycles. The van der Waals surface area contributed by atoms with Gasteiger partial charge in [-0.1, -0.05) is 6.58 Å². The lowest BCUT2D eigenvalue weighted by Gasteiger charge is -2.36. The third kappa shape index (κ3) is 3.01. The molecule has 0 spiro atoms. The maximum Gasteiger partial charge on any atom is 0.246 e. The van der Waals surface area contributed by atoms with Crippen LogP contribution in [0.2, 0.25) is 0 Å². The van der Waals surface area contributed by atoms with Crippen molar-refractivity contribution in [2.45, 2.75) is 25.4 Å². The summed E-state index contributed by atoms with van der Waals surface area (Å²) in [7, 11) is 2.11. The Hall–Kier alpha value is -1.55. The van der Waals surface area contributed by atoms with Gasteiger partial charge in [-0.2, -0.15) is 0 Å². The monoisotopic (exact) mass is 248 g/mol. The first-order valence-electron chi connectivity index (χ1n) is 6.34. The van der Waals surface area contributed by atoms with Crippen molar-refractivity contribution in [3.63, 3.8) is 0 Å². The summed E-state index contributed by atoms with van der Waals surface area (Å²) in [6.45, 7) is 6.19. The van der Waals surface area contributed by atoms with E-state index in [0.717, 1.165) is 31.7 Å². The Morgan fingerprint density at radius 3 is 2.89 bits per heavy atom. The number of hydrogen-bond acceptors (Lipinski definition) is 3. The van der Waals surface area contributed by atoms with Gasteiger partial charge < -0.3 is 14.2 Å². The second-order valence-corrected chi connectivity index (χ2v) is 4.78. The second kappa shape index (κ2) is 5.87. The van der Waals surface area contributed by atoms with E-state index in [1.54, 1.807) is 6.26 Å². The van der Waals surface area contributed by atoms with Gasteiger partial charge in [0.25, 0.3) is 0 Å². The number of amides is 1. The number of carbonyl (C=O) groups excluding carboxylic acids is 1. The summed E-state index contributed by atoms with van der Waals surface area (Å²) in [5.41, 5.74) is 0. The van der Waals surface area contributed by atoms with E-state index < -0.39 is 0 Å². The minimum Gasteiger partial charge on any atom is -0.467 e. The van der Waals surface area contributed by atoms with Crippen LogP contribution in [0.15, 0.2) is 35.5 Å². The molecule has 0 radical (unpaired) electrons. The molecule has 0 bridgehead atoms. The zero-order chi connectivity index (χ0) is 13.0. The van der Waals surface area contributed by atoms with Crippen LogP contribution in [0.25, 0.3) is 0 Å². The molecule has 0 atom stereocenters. The molecule has 18 heavy (non-hydrogen) atoms. The Morgan fingerprint density at radius 2 is 2.33 bits per heavy atom. The Labute approximate surface area is 108 Å². The van der Waals surface area contributed by atoms with E-state index in [-0.39, 0.29) is 11.9 Å². The summed E-state index contributed by atoms with van der Waals surface area (Å²) in [4.78, 5) is 16.1. The molecule has 1 aliphatic rings. The molecular formula is C14H20N2O2. The highest BCUT2D eigenvalue weighted by atomic mass is 16.3. The molecule has 0 aliphatic carbocycles. The molecule has 1 fully saturated rings. The van der Waals surface area contributed by atoms with Crippen LogP contribution in [-0.4, -0.2) is 41.9 Å². The van der Waals surface area contributed by atoms with Gasteiger partial charge in [-0.3, -0.25) is 4.79 Å². The summed E-state index contributed by atoms with van der Waals surface area (Å²) >= 11 is 0. The summed E-state index contributed by atoms with van der Waals surface area (Å²) < 4.78 is 5.33. The fraction of sp³-hybridized carbons (Fsp3) is 0.500. The van der Waals surface area contributed by atoms with Crippen LogP contribution in [0.4, 0.5) is 0 Å². The summed E-state index contributed by atoms with van der Waals surface area (Å²) in [6, 6.07) is 4.04. The third-order valence-electron chi connectivity index (χ3n) is 3.49. The van der Waals surface area contributed by atoms with Crippen LogP contribution in [-0.2, 0) is 11.3 Å². The zero-order valence-electron chi connectivity index (χ0n) is 10.8. The van der Waals surface area contributed by atoms with Crippen molar-refractivity contribution in [2.24, 2.45) is 0 Å². The average Bonchev–Trinajstić information content (AvgIpc) is 2.89. The SMILES string of the molecule is C=CC(=O)N(Cc1ccco1)C1CCN(C)CC1. The molecule has 4 nitrogen and oxygen atoms in total. The summed E-state index contributed by atoms with van der Waals surface area (Å²) in [6.07, 6.45) is 5.05. The Morgan fingerprint density at radius 1 is 1.61 bits per heavy atom. The third-order valence-corrected chi connectivity index (χ3v) is 3.49. The fourth-order valence-electron chi connectivity index (χ4n) is 2.38. The Kier molecular flexibility index (Phi) is 4.20. The van der Waals surface area contributed by atoms with Crippen LogP contribution in [0.1, 0.15) is 18.6 Å². The van der Waals surface area contributed by atoms with Crippen LogP contribution in [0, 0.1) is 0 Å². The molecule has 1 saturated heterocycles. The van der Waals surface area contributed by atoms with Crippen LogP contribution in [0.5, 0.6) is 0 Å². The van der Waals surface area contributed by atoms with Crippen molar-refractivity contribution >= 4 is 5.91 Å². The Balaban J connectivity index is 2.05. The molecule has 1 aromatic rings. The number of hydrogen-bond donors (Lipinski definition) is 0.